The van der Waals surface area contributed by atoms with E-state index in [9.17, 15) is 28.8 Å². The van der Waals surface area contributed by atoms with Crippen LogP contribution in [0.25, 0.3) is 0 Å². The molecule has 3 fully saturated rings. The first-order valence-electron chi connectivity index (χ1n) is 14.1. The van der Waals surface area contributed by atoms with Crippen molar-refractivity contribution in [3.8, 4) is 0 Å². The van der Waals surface area contributed by atoms with Crippen molar-refractivity contribution >= 4 is 42.8 Å². The van der Waals surface area contributed by atoms with Crippen LogP contribution in [0.2, 0.25) is 22.7 Å². The molecule has 0 aromatic heterocycles. The maximum atomic E-state index is 13.9. The topological polar surface area (TPSA) is 102 Å². The number of carbonyl (C=O) groups is 6. The van der Waals surface area contributed by atoms with Gasteiger partial charge in [0, 0.05) is 38.5 Å². The Hall–Kier alpha value is -1.76. The third kappa shape index (κ3) is 5.96. The third-order valence-corrected chi connectivity index (χ3v) is 15.3. The molecule has 0 N–H and O–H groups in total. The highest BCUT2D eigenvalue weighted by molar-refractivity contribution is 6.98. The van der Waals surface area contributed by atoms with Crippen molar-refractivity contribution in [3.63, 3.8) is 0 Å². The van der Waals surface area contributed by atoms with Gasteiger partial charge >= 0.3 is 0 Å². The average molecular weight is 531 g/mol. The monoisotopic (exact) mass is 530 g/mol. The van der Waals surface area contributed by atoms with Crippen LogP contribution in [0.5, 0.6) is 0 Å². The van der Waals surface area contributed by atoms with E-state index in [1.807, 2.05) is 41.5 Å². The van der Waals surface area contributed by atoms with Crippen LogP contribution in [0, 0.1) is 16.2 Å². The molecule has 0 amide bonds. The summed E-state index contributed by atoms with van der Waals surface area (Å²) in [7, 11) is -3.81. The van der Waals surface area contributed by atoms with Crippen molar-refractivity contribution in [2.75, 3.05) is 0 Å². The largest absolute Gasteiger partial charge is 0.299 e. The fourth-order valence-electron chi connectivity index (χ4n) is 7.76. The van der Waals surface area contributed by atoms with E-state index < -0.39 is 40.9 Å². The molecule has 7 heteroatoms. The molecular formula is C30H46O6Si. The van der Waals surface area contributed by atoms with E-state index in [0.29, 0.717) is 12.5 Å². The van der Waals surface area contributed by atoms with E-state index in [1.54, 1.807) is 0 Å². The fraction of sp³-hybridized carbons (Fsp3) is 0.800. The van der Waals surface area contributed by atoms with Gasteiger partial charge in [-0.15, -0.1) is 0 Å². The summed E-state index contributed by atoms with van der Waals surface area (Å²) in [4.78, 5) is 83.3. The molecule has 0 aromatic rings. The van der Waals surface area contributed by atoms with Gasteiger partial charge in [0.2, 0.25) is 0 Å². The summed E-state index contributed by atoms with van der Waals surface area (Å²) in [6, 6.07) is 0.320. The number of hydrogen-bond donors (Lipinski definition) is 0. The smallest absolute Gasteiger partial charge is 0.141 e. The molecular weight excluding hydrogens is 484 g/mol. The maximum absolute atomic E-state index is 13.9. The Kier molecular flexibility index (Phi) is 8.39. The van der Waals surface area contributed by atoms with Gasteiger partial charge in [0.15, 0.2) is 0 Å². The number of carbonyl (C=O) groups excluding carboxylic acids is 6. The van der Waals surface area contributed by atoms with Crippen LogP contribution in [0.15, 0.2) is 0 Å². The third-order valence-electron chi connectivity index (χ3n) is 8.92. The highest BCUT2D eigenvalue weighted by Gasteiger charge is 2.68. The zero-order valence-corrected chi connectivity index (χ0v) is 25.0. The van der Waals surface area contributed by atoms with E-state index in [4.69, 9.17) is 0 Å². The molecule has 0 unspecified atom stereocenters. The SMILES string of the molecule is CCCCCC[Si](C1C(=O)CC(C)(C)CC1=O)(C1C(=O)CC(C)(C)CC1=O)C1C(=O)CC(C)(C)CC1=O. The molecule has 3 aliphatic carbocycles. The summed E-state index contributed by atoms with van der Waals surface area (Å²) >= 11 is 0. The van der Waals surface area contributed by atoms with Gasteiger partial charge in [-0.25, -0.2) is 0 Å². The molecule has 0 saturated heterocycles. The summed E-state index contributed by atoms with van der Waals surface area (Å²) < 4.78 is 0. The summed E-state index contributed by atoms with van der Waals surface area (Å²) in [6.07, 6.45) is 4.29. The van der Waals surface area contributed by atoms with Crippen LogP contribution in [-0.4, -0.2) is 42.8 Å². The Morgan fingerprint density at radius 2 is 0.784 bits per heavy atom. The lowest BCUT2D eigenvalue weighted by Gasteiger charge is -2.52. The van der Waals surface area contributed by atoms with Crippen LogP contribution >= 0.6 is 0 Å². The zero-order chi connectivity index (χ0) is 28.0. The number of hydrogen-bond acceptors (Lipinski definition) is 6. The Labute approximate surface area is 223 Å². The van der Waals surface area contributed by atoms with E-state index in [0.717, 1.165) is 19.3 Å². The van der Waals surface area contributed by atoms with Crippen molar-refractivity contribution in [2.24, 2.45) is 16.2 Å². The van der Waals surface area contributed by atoms with Crippen LogP contribution in [0.3, 0.4) is 0 Å². The van der Waals surface area contributed by atoms with Gasteiger partial charge in [-0.05, 0) is 16.2 Å². The summed E-state index contributed by atoms with van der Waals surface area (Å²) in [5, 5.41) is 0. The molecule has 0 aromatic carbocycles. The van der Waals surface area contributed by atoms with Crippen molar-refractivity contribution in [3.05, 3.63) is 0 Å². The second-order valence-electron chi connectivity index (χ2n) is 14.6. The van der Waals surface area contributed by atoms with Crippen LogP contribution in [0.4, 0.5) is 0 Å². The molecule has 0 heterocycles. The van der Waals surface area contributed by atoms with Gasteiger partial charge in [-0.1, -0.05) is 80.2 Å². The van der Waals surface area contributed by atoms with E-state index in [1.165, 1.54) is 0 Å². The molecule has 6 nitrogen and oxygen atoms in total. The maximum Gasteiger partial charge on any atom is 0.141 e. The van der Waals surface area contributed by atoms with Crippen LogP contribution < -0.4 is 0 Å². The quantitative estimate of drug-likeness (QED) is 0.217. The minimum atomic E-state index is -3.81. The summed E-state index contributed by atoms with van der Waals surface area (Å²) in [5.41, 5.74) is -4.96. The minimum absolute atomic E-state index is 0.161. The molecule has 206 valence electrons. The Morgan fingerprint density at radius 1 is 0.514 bits per heavy atom. The van der Waals surface area contributed by atoms with Gasteiger partial charge in [-0.2, -0.15) is 0 Å². The predicted octanol–water partition coefficient (Wildman–Crippen LogP) is 6.00. The van der Waals surface area contributed by atoms with Crippen molar-refractivity contribution < 1.29 is 28.8 Å². The van der Waals surface area contributed by atoms with Crippen molar-refractivity contribution in [1.82, 2.24) is 0 Å². The van der Waals surface area contributed by atoms with Gasteiger partial charge in [-0.3, -0.25) is 28.8 Å². The van der Waals surface area contributed by atoms with E-state index >= 15 is 0 Å². The second-order valence-corrected chi connectivity index (χ2v) is 19.0. The lowest BCUT2D eigenvalue weighted by Crippen LogP contribution is -2.65. The average Bonchev–Trinajstić information content (AvgIpc) is 2.66. The minimum Gasteiger partial charge on any atom is -0.299 e. The lowest BCUT2D eigenvalue weighted by atomic mass is 9.75. The normalized spacial score (nSPS) is 25.7. The second kappa shape index (κ2) is 10.4. The van der Waals surface area contributed by atoms with Gasteiger partial charge in [0.05, 0.1) is 16.6 Å². The molecule has 3 rings (SSSR count). The molecule has 0 spiro atoms. The molecule has 3 aliphatic rings. The Morgan fingerprint density at radius 3 is 1.03 bits per heavy atom. The van der Waals surface area contributed by atoms with Crippen LogP contribution in [0.1, 0.15) is 113 Å². The van der Waals surface area contributed by atoms with Gasteiger partial charge in [0.1, 0.15) is 42.8 Å². The zero-order valence-electron chi connectivity index (χ0n) is 24.0. The lowest BCUT2D eigenvalue weighted by molar-refractivity contribution is -0.133. The summed E-state index contributed by atoms with van der Waals surface area (Å²) in [5.74, 6) is -1.59. The van der Waals surface area contributed by atoms with Crippen LogP contribution in [-0.2, 0) is 28.8 Å². The molecule has 3 saturated carbocycles. The standard InChI is InChI=1S/C30H46O6Si/c1-8-9-10-11-12-37(25-19(31)13-28(2,3)14-20(25)32,26-21(33)15-29(4,5)16-22(26)34)27-23(35)17-30(6,7)18-24(27)36/h25-27H,8-18H2,1-7H3. The van der Waals surface area contributed by atoms with Gasteiger partial charge < -0.3 is 0 Å². The highest BCUT2D eigenvalue weighted by Crippen LogP contribution is 2.58. The molecule has 0 aliphatic heterocycles. The van der Waals surface area contributed by atoms with Crippen molar-refractivity contribution in [2.45, 2.75) is 135 Å². The number of Topliss-reactive ketones (excluding diaryl/α,β-unsaturated/α-hetero) is 6. The van der Waals surface area contributed by atoms with E-state index in [2.05, 4.69) is 6.92 Å². The number of ketones is 6. The highest BCUT2D eigenvalue weighted by atomic mass is 28.3. The Bertz CT molecular complexity index is 827. The molecule has 0 atom stereocenters. The van der Waals surface area contributed by atoms with Crippen molar-refractivity contribution in [1.29, 1.82) is 0 Å². The predicted molar refractivity (Wildman–Crippen MR) is 145 cm³/mol. The molecule has 37 heavy (non-hydrogen) atoms. The fourth-order valence-corrected chi connectivity index (χ4v) is 14.7. The molecule has 0 bridgehead atoms. The number of rotatable bonds is 8. The Balaban J connectivity index is 2.27. The number of unbranched alkanes of at least 4 members (excludes halogenated alkanes) is 3. The molecule has 0 radical (unpaired) electrons. The first kappa shape index (κ1) is 29.8. The first-order valence-corrected chi connectivity index (χ1v) is 16.6. The van der Waals surface area contributed by atoms with E-state index in [-0.39, 0.29) is 73.2 Å². The first-order chi connectivity index (χ1) is 17.0. The van der Waals surface area contributed by atoms with Gasteiger partial charge in [0.25, 0.3) is 0 Å². The summed E-state index contributed by atoms with van der Waals surface area (Å²) in [6.45, 7) is 13.3.